The lowest BCUT2D eigenvalue weighted by Gasteiger charge is -2.03. The molecule has 4 aromatic carbocycles. The second kappa shape index (κ2) is 11.5. The van der Waals surface area contributed by atoms with Crippen molar-refractivity contribution in [1.29, 1.82) is 0 Å². The summed E-state index contributed by atoms with van der Waals surface area (Å²) in [5.41, 5.74) is 4.90. The van der Waals surface area contributed by atoms with Gasteiger partial charge in [0.1, 0.15) is 22.6 Å². The van der Waals surface area contributed by atoms with Crippen LogP contribution in [-0.2, 0) is 9.47 Å². The first-order valence-corrected chi connectivity index (χ1v) is 11.4. The zero-order valence-corrected chi connectivity index (χ0v) is 20.6. The summed E-state index contributed by atoms with van der Waals surface area (Å²) in [6, 6.07) is 24.6. The zero-order chi connectivity index (χ0) is 27.1. The van der Waals surface area contributed by atoms with E-state index in [9.17, 15) is 19.8 Å². The van der Waals surface area contributed by atoms with E-state index in [0.29, 0.717) is 11.1 Å². The molecule has 0 aliphatic rings. The molecule has 186 valence electrons. The van der Waals surface area contributed by atoms with Gasteiger partial charge >= 0.3 is 11.9 Å². The summed E-state index contributed by atoms with van der Waals surface area (Å²) in [4.78, 5) is 23.5. The maximum Gasteiger partial charge on any atom is 0.341 e. The first-order chi connectivity index (χ1) is 18.4. The minimum atomic E-state index is -0.624. The number of rotatable bonds is 3. The van der Waals surface area contributed by atoms with Gasteiger partial charge in [-0.15, -0.1) is 0 Å². The van der Waals surface area contributed by atoms with Gasteiger partial charge in [-0.1, -0.05) is 47.9 Å². The summed E-state index contributed by atoms with van der Waals surface area (Å²) in [6.45, 7) is 0. The number of hydrogen-bond donors (Lipinski definition) is 2. The van der Waals surface area contributed by atoms with Crippen molar-refractivity contribution in [3.63, 3.8) is 0 Å². The van der Waals surface area contributed by atoms with Gasteiger partial charge in [0.2, 0.25) is 0 Å². The van der Waals surface area contributed by atoms with Gasteiger partial charge in [-0.05, 0) is 71.8 Å². The van der Waals surface area contributed by atoms with Crippen molar-refractivity contribution in [2.24, 2.45) is 0 Å². The van der Waals surface area contributed by atoms with Crippen LogP contribution in [0.1, 0.15) is 43.0 Å². The third kappa shape index (κ3) is 6.02. The predicted octanol–water partition coefficient (Wildman–Crippen LogP) is 5.14. The summed E-state index contributed by atoms with van der Waals surface area (Å²) in [6.07, 6.45) is 0. The third-order valence-corrected chi connectivity index (χ3v) is 5.61. The van der Waals surface area contributed by atoms with Crippen LogP contribution in [0.15, 0.2) is 84.9 Å². The number of hydrogen-bond acceptors (Lipinski definition) is 6. The van der Waals surface area contributed by atoms with Gasteiger partial charge in [0, 0.05) is 22.3 Å². The van der Waals surface area contributed by atoms with Gasteiger partial charge in [-0.25, -0.2) is 9.59 Å². The second-order valence-electron chi connectivity index (χ2n) is 8.10. The number of esters is 2. The molecule has 0 atom stereocenters. The molecule has 6 heteroatoms. The SMILES string of the molecule is COC(=O)c1cc(C#Cc2ccc(-c3ccc(C#Cc4ccc(O)c(C(=O)OC)c4)cc3)cc2)ccc1O. The highest BCUT2D eigenvalue weighted by atomic mass is 16.5. The Morgan fingerprint density at radius 1 is 0.526 bits per heavy atom. The molecule has 4 rings (SSSR count). The number of ether oxygens (including phenoxy) is 2. The lowest BCUT2D eigenvalue weighted by molar-refractivity contribution is 0.0588. The molecule has 0 saturated heterocycles. The molecular formula is C32H22O6. The van der Waals surface area contributed by atoms with Crippen LogP contribution in [0.2, 0.25) is 0 Å². The van der Waals surface area contributed by atoms with Crippen molar-refractivity contribution < 1.29 is 29.3 Å². The highest BCUT2D eigenvalue weighted by molar-refractivity contribution is 5.93. The van der Waals surface area contributed by atoms with E-state index in [1.165, 1.54) is 38.5 Å². The number of benzene rings is 4. The molecule has 0 saturated carbocycles. The lowest BCUT2D eigenvalue weighted by atomic mass is 10.0. The Bertz CT molecular complexity index is 1500. The molecule has 0 fully saturated rings. The summed E-state index contributed by atoms with van der Waals surface area (Å²) in [7, 11) is 2.51. The average molecular weight is 503 g/mol. The average Bonchev–Trinajstić information content (AvgIpc) is 2.96. The van der Waals surface area contributed by atoms with Crippen LogP contribution in [0.5, 0.6) is 11.5 Å². The van der Waals surface area contributed by atoms with E-state index in [-0.39, 0.29) is 22.6 Å². The fraction of sp³-hybridized carbons (Fsp3) is 0.0625. The topological polar surface area (TPSA) is 93.1 Å². The Labute approximate surface area is 220 Å². The molecule has 0 bridgehead atoms. The maximum absolute atomic E-state index is 11.8. The lowest BCUT2D eigenvalue weighted by Crippen LogP contribution is -2.01. The number of phenols is 2. The fourth-order valence-corrected chi connectivity index (χ4v) is 3.56. The van der Waals surface area contributed by atoms with Gasteiger partial charge in [0.25, 0.3) is 0 Å². The van der Waals surface area contributed by atoms with Crippen LogP contribution in [0.3, 0.4) is 0 Å². The Morgan fingerprint density at radius 3 is 1.18 bits per heavy atom. The van der Waals surface area contributed by atoms with Gasteiger partial charge in [0.05, 0.1) is 14.2 Å². The summed E-state index contributed by atoms with van der Waals surface area (Å²) < 4.78 is 9.35. The molecule has 0 spiro atoms. The number of phenolic OH excluding ortho intramolecular Hbond substituents is 2. The largest absolute Gasteiger partial charge is 0.507 e. The van der Waals surface area contributed by atoms with Crippen LogP contribution in [-0.4, -0.2) is 36.4 Å². The summed E-state index contributed by atoms with van der Waals surface area (Å²) in [5, 5.41) is 19.7. The molecule has 0 aromatic heterocycles. The highest BCUT2D eigenvalue weighted by Crippen LogP contribution is 2.22. The van der Waals surface area contributed by atoms with Crippen molar-refractivity contribution in [1.82, 2.24) is 0 Å². The van der Waals surface area contributed by atoms with E-state index in [0.717, 1.165) is 22.3 Å². The first-order valence-electron chi connectivity index (χ1n) is 11.4. The molecule has 0 heterocycles. The highest BCUT2D eigenvalue weighted by Gasteiger charge is 2.12. The molecule has 0 radical (unpaired) electrons. The Kier molecular flexibility index (Phi) is 7.77. The molecule has 0 aliphatic carbocycles. The maximum atomic E-state index is 11.8. The molecule has 0 unspecified atom stereocenters. The monoisotopic (exact) mass is 502 g/mol. The van der Waals surface area contributed by atoms with Crippen LogP contribution >= 0.6 is 0 Å². The third-order valence-electron chi connectivity index (χ3n) is 5.61. The summed E-state index contributed by atoms with van der Waals surface area (Å²) >= 11 is 0. The van der Waals surface area contributed by atoms with Crippen LogP contribution in [0, 0.1) is 23.7 Å². The van der Waals surface area contributed by atoms with E-state index in [1.807, 2.05) is 48.5 Å². The minimum Gasteiger partial charge on any atom is -0.507 e. The predicted molar refractivity (Wildman–Crippen MR) is 143 cm³/mol. The van der Waals surface area contributed by atoms with Gasteiger partial charge in [0.15, 0.2) is 0 Å². The van der Waals surface area contributed by atoms with Crippen LogP contribution < -0.4 is 0 Å². The molecular weight excluding hydrogens is 480 g/mol. The van der Waals surface area contributed by atoms with Crippen LogP contribution in [0.4, 0.5) is 0 Å². The van der Waals surface area contributed by atoms with Crippen molar-refractivity contribution in [2.45, 2.75) is 0 Å². The van der Waals surface area contributed by atoms with E-state index >= 15 is 0 Å². The molecule has 6 nitrogen and oxygen atoms in total. The standard InChI is InChI=1S/C32H22O6/c1-37-31(35)27-19-23(11-17-29(27)33)5-3-21-7-13-25(14-8-21)26-15-9-22(10-16-26)4-6-24-12-18-30(34)28(20-24)32(36)38-2/h7-20,33-34H,1-2H3. The quantitative estimate of drug-likeness (QED) is 0.298. The molecule has 38 heavy (non-hydrogen) atoms. The fourth-order valence-electron chi connectivity index (χ4n) is 3.56. The van der Waals surface area contributed by atoms with Crippen LogP contribution in [0.25, 0.3) is 11.1 Å². The number of methoxy groups -OCH3 is 2. The Hall–Kier alpha value is -5.46. The smallest absolute Gasteiger partial charge is 0.341 e. The number of carbonyl (C=O) groups excluding carboxylic acids is 2. The van der Waals surface area contributed by atoms with Gasteiger partial charge in [-0.3, -0.25) is 0 Å². The molecule has 0 aliphatic heterocycles. The normalized spacial score (nSPS) is 9.84. The molecule has 0 amide bonds. The molecule has 2 N–H and O–H groups in total. The van der Waals surface area contributed by atoms with E-state index in [2.05, 4.69) is 33.2 Å². The number of aromatic hydroxyl groups is 2. The van der Waals surface area contributed by atoms with E-state index < -0.39 is 11.9 Å². The van der Waals surface area contributed by atoms with Gasteiger partial charge < -0.3 is 19.7 Å². The minimum absolute atomic E-state index is 0.0665. The second-order valence-corrected chi connectivity index (χ2v) is 8.10. The molecule has 4 aromatic rings. The number of carbonyl (C=O) groups is 2. The van der Waals surface area contributed by atoms with Crippen molar-refractivity contribution in [2.75, 3.05) is 14.2 Å². The van der Waals surface area contributed by atoms with E-state index in [1.54, 1.807) is 12.1 Å². The zero-order valence-electron chi connectivity index (χ0n) is 20.6. The summed E-state index contributed by atoms with van der Waals surface area (Å²) in [5.74, 6) is 10.5. The van der Waals surface area contributed by atoms with E-state index in [4.69, 9.17) is 0 Å². The van der Waals surface area contributed by atoms with Gasteiger partial charge in [-0.2, -0.15) is 0 Å². The van der Waals surface area contributed by atoms with Crippen molar-refractivity contribution >= 4 is 11.9 Å². The van der Waals surface area contributed by atoms with Crippen molar-refractivity contribution in [3.8, 4) is 46.3 Å². The van der Waals surface area contributed by atoms with Crippen molar-refractivity contribution in [3.05, 3.63) is 118 Å². The first kappa shape index (κ1) is 25.6. The Balaban J connectivity index is 1.47. The Morgan fingerprint density at radius 2 is 0.842 bits per heavy atom.